The molecule has 0 bridgehead atoms. The van der Waals surface area contributed by atoms with Crippen LogP contribution in [0.15, 0.2) is 18.2 Å². The van der Waals surface area contributed by atoms with Gasteiger partial charge in [-0.3, -0.25) is 0 Å². The summed E-state index contributed by atoms with van der Waals surface area (Å²) in [5, 5.41) is 9.01. The van der Waals surface area contributed by atoms with E-state index in [1.165, 1.54) is 0 Å². The first-order valence-electron chi connectivity index (χ1n) is 4.83. The van der Waals surface area contributed by atoms with Crippen LogP contribution in [0.4, 0.5) is 0 Å². The van der Waals surface area contributed by atoms with Gasteiger partial charge in [0.25, 0.3) is 0 Å². The van der Waals surface area contributed by atoms with Crippen LogP contribution in [0.3, 0.4) is 0 Å². The molecule has 2 heterocycles. The Morgan fingerprint density at radius 2 is 2.18 bits per heavy atom. The lowest BCUT2D eigenvalue weighted by Gasteiger charge is -1.99. The highest BCUT2D eigenvalue weighted by Gasteiger charge is 2.16. The molecule has 0 fully saturated rings. The van der Waals surface area contributed by atoms with Crippen LogP contribution in [-0.4, -0.2) is 16.8 Å². The summed E-state index contributed by atoms with van der Waals surface area (Å²) in [6, 6.07) is 7.31. The third-order valence-corrected chi connectivity index (χ3v) is 2.69. The van der Waals surface area contributed by atoms with E-state index in [0.717, 1.165) is 5.56 Å². The second-order valence-corrected chi connectivity index (χ2v) is 3.81. The summed E-state index contributed by atoms with van der Waals surface area (Å²) in [5.74, 6) is 1.89. The Hall–Kier alpha value is -2.19. The number of imidazole rings is 1. The Morgan fingerprint density at radius 3 is 2.94 bits per heavy atom. The number of nitriles is 1. The van der Waals surface area contributed by atoms with E-state index in [0.29, 0.717) is 17.3 Å². The summed E-state index contributed by atoms with van der Waals surface area (Å²) >= 11 is 5.82. The molecule has 3 rings (SSSR count). The molecule has 0 amide bonds. The number of aromatic nitrogens is 2. The first-order chi connectivity index (χ1) is 8.28. The molecule has 0 spiro atoms. The fraction of sp³-hybridized carbons (Fsp3) is 0.0909. The van der Waals surface area contributed by atoms with Crippen molar-refractivity contribution in [3.8, 4) is 29.0 Å². The topological polar surface area (TPSA) is 70.9 Å². The highest BCUT2D eigenvalue weighted by Crippen LogP contribution is 2.35. The van der Waals surface area contributed by atoms with Crippen molar-refractivity contribution in [2.45, 2.75) is 0 Å². The van der Waals surface area contributed by atoms with Gasteiger partial charge < -0.3 is 14.5 Å². The van der Waals surface area contributed by atoms with Gasteiger partial charge in [-0.05, 0) is 18.2 Å². The van der Waals surface area contributed by atoms with Crippen molar-refractivity contribution in [2.24, 2.45) is 0 Å². The number of hydrogen-bond donors (Lipinski definition) is 1. The molecule has 1 aromatic heterocycles. The van der Waals surface area contributed by atoms with Crippen LogP contribution in [-0.2, 0) is 0 Å². The summed E-state index contributed by atoms with van der Waals surface area (Å²) in [5.41, 5.74) is 0.969. The molecule has 1 N–H and O–H groups in total. The largest absolute Gasteiger partial charge is 0.454 e. The SMILES string of the molecule is N#Cc1nc(-c2ccc3c(c2)OCO3)[nH]c1Cl. The molecule has 0 aliphatic carbocycles. The highest BCUT2D eigenvalue weighted by atomic mass is 35.5. The number of hydrogen-bond acceptors (Lipinski definition) is 4. The third-order valence-electron chi connectivity index (χ3n) is 2.41. The van der Waals surface area contributed by atoms with Crippen molar-refractivity contribution < 1.29 is 9.47 Å². The van der Waals surface area contributed by atoms with Gasteiger partial charge in [-0.25, -0.2) is 4.98 Å². The molecule has 6 heteroatoms. The van der Waals surface area contributed by atoms with E-state index in [-0.39, 0.29) is 17.6 Å². The fourth-order valence-corrected chi connectivity index (χ4v) is 1.78. The van der Waals surface area contributed by atoms with Gasteiger partial charge in [0.05, 0.1) is 0 Å². The van der Waals surface area contributed by atoms with Crippen molar-refractivity contribution in [2.75, 3.05) is 6.79 Å². The van der Waals surface area contributed by atoms with Crippen LogP contribution in [0.5, 0.6) is 11.5 Å². The number of nitrogens with one attached hydrogen (secondary N) is 1. The minimum atomic E-state index is 0.180. The van der Waals surface area contributed by atoms with Gasteiger partial charge in [0, 0.05) is 5.56 Å². The second-order valence-electron chi connectivity index (χ2n) is 3.43. The summed E-state index contributed by atoms with van der Waals surface area (Å²) in [4.78, 5) is 6.92. The third kappa shape index (κ3) is 1.59. The average Bonchev–Trinajstić information content (AvgIpc) is 2.93. The number of fused-ring (bicyclic) bond motifs is 1. The fourth-order valence-electron chi connectivity index (χ4n) is 1.61. The molecule has 17 heavy (non-hydrogen) atoms. The molecule has 0 saturated carbocycles. The quantitative estimate of drug-likeness (QED) is 0.840. The van der Waals surface area contributed by atoms with Gasteiger partial charge in [0.1, 0.15) is 17.0 Å². The summed E-state index contributed by atoms with van der Waals surface area (Å²) in [7, 11) is 0. The number of nitrogens with zero attached hydrogens (tertiary/aromatic N) is 2. The molecule has 0 unspecified atom stereocenters. The van der Waals surface area contributed by atoms with Crippen molar-refractivity contribution >= 4 is 11.6 Å². The standard InChI is InChI=1S/C11H6ClN3O2/c12-10-7(4-13)14-11(15-10)6-1-2-8-9(3-6)17-5-16-8/h1-3H,5H2,(H,14,15). The molecule has 84 valence electrons. The molecule has 1 aliphatic heterocycles. The van der Waals surface area contributed by atoms with Crippen molar-refractivity contribution in [3.63, 3.8) is 0 Å². The van der Waals surface area contributed by atoms with Gasteiger partial charge in [-0.1, -0.05) is 11.6 Å². The van der Waals surface area contributed by atoms with E-state index in [1.54, 1.807) is 12.1 Å². The lowest BCUT2D eigenvalue weighted by molar-refractivity contribution is 0.174. The minimum Gasteiger partial charge on any atom is -0.454 e. The van der Waals surface area contributed by atoms with Crippen LogP contribution in [0.25, 0.3) is 11.4 Å². The second kappa shape index (κ2) is 3.68. The maximum absolute atomic E-state index is 8.77. The normalized spacial score (nSPS) is 12.5. The highest BCUT2D eigenvalue weighted by molar-refractivity contribution is 6.30. The first-order valence-corrected chi connectivity index (χ1v) is 5.21. The summed E-state index contributed by atoms with van der Waals surface area (Å²) < 4.78 is 10.5. The van der Waals surface area contributed by atoms with Crippen LogP contribution < -0.4 is 9.47 Å². The Labute approximate surface area is 102 Å². The zero-order chi connectivity index (χ0) is 11.8. The maximum atomic E-state index is 8.77. The van der Waals surface area contributed by atoms with Crippen molar-refractivity contribution in [3.05, 3.63) is 29.0 Å². The Bertz CT molecular complexity index is 630. The summed E-state index contributed by atoms with van der Waals surface area (Å²) in [6.07, 6.45) is 0. The molecule has 2 aromatic rings. The average molecular weight is 248 g/mol. The van der Waals surface area contributed by atoms with Gasteiger partial charge >= 0.3 is 0 Å². The predicted molar refractivity (Wildman–Crippen MR) is 59.9 cm³/mol. The Kier molecular flexibility index (Phi) is 2.16. The number of halogens is 1. The molecule has 0 saturated heterocycles. The monoisotopic (exact) mass is 247 g/mol. The number of ether oxygens (including phenoxy) is 2. The number of H-pyrrole nitrogens is 1. The lowest BCUT2D eigenvalue weighted by atomic mass is 10.2. The Balaban J connectivity index is 2.07. The van der Waals surface area contributed by atoms with Crippen molar-refractivity contribution in [1.82, 2.24) is 9.97 Å². The van der Waals surface area contributed by atoms with Gasteiger partial charge in [0.2, 0.25) is 6.79 Å². The predicted octanol–water partition coefficient (Wildman–Crippen LogP) is 2.33. The van der Waals surface area contributed by atoms with E-state index in [4.69, 9.17) is 26.3 Å². The van der Waals surface area contributed by atoms with E-state index < -0.39 is 0 Å². The first kappa shape index (κ1) is 10.00. The van der Waals surface area contributed by atoms with E-state index in [9.17, 15) is 0 Å². The van der Waals surface area contributed by atoms with Gasteiger partial charge in [0.15, 0.2) is 17.2 Å². The van der Waals surface area contributed by atoms with Crippen LogP contribution in [0.1, 0.15) is 5.69 Å². The van der Waals surface area contributed by atoms with Crippen LogP contribution in [0.2, 0.25) is 5.15 Å². The minimum absolute atomic E-state index is 0.180. The smallest absolute Gasteiger partial charge is 0.231 e. The van der Waals surface area contributed by atoms with E-state index in [2.05, 4.69) is 9.97 Å². The maximum Gasteiger partial charge on any atom is 0.231 e. The zero-order valence-electron chi connectivity index (χ0n) is 8.53. The molecule has 1 aromatic carbocycles. The Morgan fingerprint density at radius 1 is 1.35 bits per heavy atom. The van der Waals surface area contributed by atoms with E-state index in [1.807, 2.05) is 12.1 Å². The molecular weight excluding hydrogens is 242 g/mol. The van der Waals surface area contributed by atoms with Crippen LogP contribution >= 0.6 is 11.6 Å². The van der Waals surface area contributed by atoms with Crippen LogP contribution in [0, 0.1) is 11.3 Å². The summed E-state index contributed by atoms with van der Waals surface area (Å²) in [6.45, 7) is 0.223. The van der Waals surface area contributed by atoms with E-state index >= 15 is 0 Å². The number of benzene rings is 1. The van der Waals surface area contributed by atoms with Crippen molar-refractivity contribution in [1.29, 1.82) is 5.26 Å². The van der Waals surface area contributed by atoms with Gasteiger partial charge in [-0.15, -0.1) is 0 Å². The molecule has 5 nitrogen and oxygen atoms in total. The zero-order valence-corrected chi connectivity index (χ0v) is 9.28. The molecular formula is C11H6ClN3O2. The number of aromatic amines is 1. The lowest BCUT2D eigenvalue weighted by Crippen LogP contribution is -1.92. The molecule has 1 aliphatic rings. The molecule has 0 radical (unpaired) electrons. The number of rotatable bonds is 1. The molecule has 0 atom stereocenters. The van der Waals surface area contributed by atoms with Gasteiger partial charge in [-0.2, -0.15) is 5.26 Å².